The maximum Gasteiger partial charge on any atom is 0.236 e. The van der Waals surface area contributed by atoms with Crippen molar-refractivity contribution in [2.45, 2.75) is 39.3 Å². The fourth-order valence-corrected chi connectivity index (χ4v) is 2.98. The van der Waals surface area contributed by atoms with Crippen molar-refractivity contribution in [3.63, 3.8) is 0 Å². The second-order valence-electron chi connectivity index (χ2n) is 4.92. The molecule has 4 nitrogen and oxygen atoms in total. The van der Waals surface area contributed by atoms with Crippen LogP contribution in [0.1, 0.15) is 38.2 Å². The number of amides is 1. The molecule has 1 heterocycles. The average molecular weight is 291 g/mol. The van der Waals surface area contributed by atoms with Crippen LogP contribution in [0.3, 0.4) is 0 Å². The van der Waals surface area contributed by atoms with Crippen molar-refractivity contribution < 1.29 is 4.79 Å². The summed E-state index contributed by atoms with van der Waals surface area (Å²) in [6, 6.07) is 7.94. The van der Waals surface area contributed by atoms with Crippen LogP contribution in [-0.2, 0) is 4.79 Å². The van der Waals surface area contributed by atoms with Gasteiger partial charge in [-0.3, -0.25) is 10.1 Å². The van der Waals surface area contributed by atoms with E-state index in [1.54, 1.807) is 11.3 Å². The molecule has 1 amide bonds. The Morgan fingerprint density at radius 2 is 2.10 bits per heavy atom. The monoisotopic (exact) mass is 291 g/mol. The van der Waals surface area contributed by atoms with Crippen molar-refractivity contribution in [2.75, 3.05) is 6.54 Å². The normalized spacial score (nSPS) is 14.2. The standard InChI is InChI=1S/C15H21N3OS/c1-4-9-16-14(19)10(2)17-11(3)15-18-12-7-5-6-8-13(12)20-15/h5-8,10-11,17H,4,9H2,1-3H3,(H,16,19). The Morgan fingerprint density at radius 1 is 1.35 bits per heavy atom. The number of carbonyl (C=O) groups excluding carboxylic acids is 1. The molecule has 0 saturated carbocycles. The fraction of sp³-hybridized carbons (Fsp3) is 0.467. The molecule has 1 aromatic carbocycles. The number of carbonyl (C=O) groups is 1. The minimum absolute atomic E-state index is 0.0415. The number of nitrogens with zero attached hydrogens (tertiary/aromatic N) is 1. The van der Waals surface area contributed by atoms with Gasteiger partial charge in [-0.2, -0.15) is 0 Å². The van der Waals surface area contributed by atoms with Gasteiger partial charge in [0.05, 0.1) is 22.3 Å². The summed E-state index contributed by atoms with van der Waals surface area (Å²) in [7, 11) is 0. The number of para-hydroxylation sites is 1. The van der Waals surface area contributed by atoms with Gasteiger partial charge < -0.3 is 5.32 Å². The number of fused-ring (bicyclic) bond motifs is 1. The molecular formula is C15H21N3OS. The molecule has 0 fully saturated rings. The molecule has 2 rings (SSSR count). The summed E-state index contributed by atoms with van der Waals surface area (Å²) >= 11 is 1.67. The van der Waals surface area contributed by atoms with E-state index < -0.39 is 0 Å². The number of nitrogens with one attached hydrogen (secondary N) is 2. The lowest BCUT2D eigenvalue weighted by atomic mass is 10.2. The first kappa shape index (κ1) is 14.9. The summed E-state index contributed by atoms with van der Waals surface area (Å²) in [5, 5.41) is 7.21. The zero-order chi connectivity index (χ0) is 14.5. The summed E-state index contributed by atoms with van der Waals surface area (Å²) in [4.78, 5) is 16.5. The Morgan fingerprint density at radius 3 is 2.80 bits per heavy atom. The number of hydrogen-bond donors (Lipinski definition) is 2. The Labute approximate surface area is 123 Å². The van der Waals surface area contributed by atoms with Crippen LogP contribution in [0.25, 0.3) is 10.2 Å². The summed E-state index contributed by atoms with van der Waals surface area (Å²) in [6.07, 6.45) is 0.950. The van der Waals surface area contributed by atoms with E-state index in [2.05, 4.69) is 21.7 Å². The van der Waals surface area contributed by atoms with Gasteiger partial charge in [-0.15, -0.1) is 11.3 Å². The molecule has 1 aromatic heterocycles. The lowest BCUT2D eigenvalue weighted by molar-refractivity contribution is -0.122. The number of aromatic nitrogens is 1. The van der Waals surface area contributed by atoms with E-state index in [0.29, 0.717) is 0 Å². The van der Waals surface area contributed by atoms with E-state index in [9.17, 15) is 4.79 Å². The van der Waals surface area contributed by atoms with E-state index in [4.69, 9.17) is 0 Å². The summed E-state index contributed by atoms with van der Waals surface area (Å²) in [5.74, 6) is 0.0415. The molecule has 2 aromatic rings. The predicted octanol–water partition coefficient (Wildman–Crippen LogP) is 2.86. The third-order valence-electron chi connectivity index (χ3n) is 3.12. The Kier molecular flexibility index (Phi) is 5.09. The number of hydrogen-bond acceptors (Lipinski definition) is 4. The van der Waals surface area contributed by atoms with Crippen LogP contribution in [0, 0.1) is 0 Å². The van der Waals surface area contributed by atoms with Crippen molar-refractivity contribution in [1.29, 1.82) is 0 Å². The zero-order valence-corrected chi connectivity index (χ0v) is 13.0. The summed E-state index contributed by atoms with van der Waals surface area (Å²) < 4.78 is 1.18. The first-order chi connectivity index (χ1) is 9.61. The van der Waals surface area contributed by atoms with Crippen LogP contribution in [0.15, 0.2) is 24.3 Å². The molecule has 2 N–H and O–H groups in total. The highest BCUT2D eigenvalue weighted by Gasteiger charge is 2.18. The number of thiazole rings is 1. The Bertz CT molecular complexity index is 548. The van der Waals surface area contributed by atoms with Crippen molar-refractivity contribution in [2.24, 2.45) is 0 Å². The zero-order valence-electron chi connectivity index (χ0n) is 12.1. The summed E-state index contributed by atoms with van der Waals surface area (Å²) in [6.45, 7) is 6.69. The smallest absolute Gasteiger partial charge is 0.236 e. The minimum atomic E-state index is -0.219. The van der Waals surface area contributed by atoms with E-state index in [-0.39, 0.29) is 18.0 Å². The Hall–Kier alpha value is -1.46. The highest BCUT2D eigenvalue weighted by Crippen LogP contribution is 2.26. The molecule has 2 unspecified atom stereocenters. The molecule has 5 heteroatoms. The van der Waals surface area contributed by atoms with Crippen molar-refractivity contribution in [3.8, 4) is 0 Å². The summed E-state index contributed by atoms with van der Waals surface area (Å²) in [5.41, 5.74) is 1.02. The lowest BCUT2D eigenvalue weighted by Gasteiger charge is -2.17. The number of benzene rings is 1. The Balaban J connectivity index is 2.00. The average Bonchev–Trinajstić information content (AvgIpc) is 2.88. The lowest BCUT2D eigenvalue weighted by Crippen LogP contribution is -2.43. The van der Waals surface area contributed by atoms with Gasteiger partial charge in [0.2, 0.25) is 5.91 Å². The third-order valence-corrected chi connectivity index (χ3v) is 4.34. The van der Waals surface area contributed by atoms with Crippen LogP contribution < -0.4 is 10.6 Å². The van der Waals surface area contributed by atoms with E-state index in [1.165, 1.54) is 4.70 Å². The van der Waals surface area contributed by atoms with E-state index in [0.717, 1.165) is 23.5 Å². The van der Waals surface area contributed by atoms with Gasteiger partial charge in [0.1, 0.15) is 5.01 Å². The molecular weight excluding hydrogens is 270 g/mol. The van der Waals surface area contributed by atoms with Crippen molar-refractivity contribution >= 4 is 27.5 Å². The first-order valence-electron chi connectivity index (χ1n) is 7.01. The van der Waals surface area contributed by atoms with Crippen molar-refractivity contribution in [3.05, 3.63) is 29.3 Å². The molecule has 0 spiro atoms. The van der Waals surface area contributed by atoms with Crippen molar-refractivity contribution in [1.82, 2.24) is 15.6 Å². The van der Waals surface area contributed by atoms with Gasteiger partial charge in [0.15, 0.2) is 0 Å². The highest BCUT2D eigenvalue weighted by atomic mass is 32.1. The first-order valence-corrected chi connectivity index (χ1v) is 7.82. The molecule has 0 aliphatic carbocycles. The highest BCUT2D eigenvalue weighted by molar-refractivity contribution is 7.18. The molecule has 0 bridgehead atoms. The molecule has 0 aliphatic heterocycles. The van der Waals surface area contributed by atoms with Gasteiger partial charge >= 0.3 is 0 Å². The fourth-order valence-electron chi connectivity index (χ4n) is 2.00. The SMILES string of the molecule is CCCNC(=O)C(C)NC(C)c1nc2ccccc2s1. The predicted molar refractivity (Wildman–Crippen MR) is 83.9 cm³/mol. The number of rotatable bonds is 6. The van der Waals surface area contributed by atoms with Gasteiger partial charge in [-0.25, -0.2) is 4.98 Å². The molecule has 2 atom stereocenters. The van der Waals surface area contributed by atoms with E-state index >= 15 is 0 Å². The van der Waals surface area contributed by atoms with Crippen LogP contribution in [0.2, 0.25) is 0 Å². The molecule has 108 valence electrons. The maximum absolute atomic E-state index is 11.9. The maximum atomic E-state index is 11.9. The molecule has 20 heavy (non-hydrogen) atoms. The quantitative estimate of drug-likeness (QED) is 0.860. The molecule has 0 saturated heterocycles. The molecule has 0 aliphatic rings. The van der Waals surface area contributed by atoms with Crippen LogP contribution >= 0.6 is 11.3 Å². The topological polar surface area (TPSA) is 54.0 Å². The van der Waals surface area contributed by atoms with Crippen LogP contribution in [0.4, 0.5) is 0 Å². The van der Waals surface area contributed by atoms with Gasteiger partial charge in [-0.05, 0) is 32.4 Å². The third kappa shape index (κ3) is 3.55. The van der Waals surface area contributed by atoms with Gasteiger partial charge in [-0.1, -0.05) is 19.1 Å². The second kappa shape index (κ2) is 6.81. The van der Waals surface area contributed by atoms with Crippen LogP contribution in [0.5, 0.6) is 0 Å². The largest absolute Gasteiger partial charge is 0.355 e. The van der Waals surface area contributed by atoms with E-state index in [1.807, 2.05) is 39.0 Å². The minimum Gasteiger partial charge on any atom is -0.355 e. The second-order valence-corrected chi connectivity index (χ2v) is 5.98. The van der Waals surface area contributed by atoms with Gasteiger partial charge in [0.25, 0.3) is 0 Å². The van der Waals surface area contributed by atoms with Gasteiger partial charge in [0, 0.05) is 6.54 Å². The molecule has 0 radical (unpaired) electrons. The van der Waals surface area contributed by atoms with Crippen LogP contribution in [-0.4, -0.2) is 23.5 Å².